The second-order valence-electron chi connectivity index (χ2n) is 6.63. The number of nitrogens with one attached hydrogen (secondary N) is 3. The van der Waals surface area contributed by atoms with Crippen molar-refractivity contribution in [2.24, 2.45) is 11.8 Å². The van der Waals surface area contributed by atoms with Gasteiger partial charge >= 0.3 is 0 Å². The summed E-state index contributed by atoms with van der Waals surface area (Å²) in [5.41, 5.74) is 8.11. The Morgan fingerprint density at radius 3 is 2.55 bits per heavy atom. The van der Waals surface area contributed by atoms with Crippen LogP contribution in [-0.2, 0) is 0 Å². The Hall–Kier alpha value is -1.10. The van der Waals surface area contributed by atoms with E-state index in [1.165, 1.54) is 5.56 Å². The summed E-state index contributed by atoms with van der Waals surface area (Å²) in [6.07, 6.45) is 1.10. The summed E-state index contributed by atoms with van der Waals surface area (Å²) in [5.74, 6) is 2.20. The third-order valence-electron chi connectivity index (χ3n) is 4.37. The minimum absolute atomic E-state index is 0.346. The lowest BCUT2D eigenvalue weighted by Gasteiger charge is -2.21. The molecule has 1 heterocycles. The van der Waals surface area contributed by atoms with Gasteiger partial charge in [0.25, 0.3) is 0 Å². The summed E-state index contributed by atoms with van der Waals surface area (Å²) >= 11 is 0. The summed E-state index contributed by atoms with van der Waals surface area (Å²) in [6, 6.07) is 9.35. The van der Waals surface area contributed by atoms with Crippen LogP contribution in [-0.4, -0.2) is 25.7 Å². The number of benzene rings is 1. The molecule has 0 aromatic heterocycles. The Bertz CT molecular complexity index is 432. The van der Waals surface area contributed by atoms with E-state index in [4.69, 9.17) is 4.74 Å². The lowest BCUT2D eigenvalue weighted by Crippen LogP contribution is -2.32. The van der Waals surface area contributed by atoms with Crippen molar-refractivity contribution >= 4 is 0 Å². The molecule has 1 saturated heterocycles. The van der Waals surface area contributed by atoms with E-state index in [2.05, 4.69) is 68.1 Å². The van der Waals surface area contributed by atoms with Crippen LogP contribution in [0.5, 0.6) is 5.75 Å². The van der Waals surface area contributed by atoms with Crippen LogP contribution in [0.2, 0.25) is 0 Å². The molecule has 3 atom stereocenters. The van der Waals surface area contributed by atoms with Crippen LogP contribution >= 0.6 is 0 Å². The molecule has 1 aliphatic rings. The molecule has 0 radical (unpaired) electrons. The molecule has 124 valence electrons. The first-order chi connectivity index (χ1) is 10.6. The number of hydrogen-bond acceptors (Lipinski definition) is 4. The molecule has 3 N–H and O–H groups in total. The van der Waals surface area contributed by atoms with Gasteiger partial charge in [-0.25, -0.2) is 5.43 Å². The van der Waals surface area contributed by atoms with Crippen LogP contribution in [0.25, 0.3) is 0 Å². The molecule has 4 nitrogen and oxygen atoms in total. The van der Waals surface area contributed by atoms with Gasteiger partial charge in [-0.2, -0.15) is 0 Å². The summed E-state index contributed by atoms with van der Waals surface area (Å²) in [6.45, 7) is 11.7. The zero-order valence-corrected chi connectivity index (χ0v) is 14.4. The number of hydrogen-bond donors (Lipinski definition) is 3. The van der Waals surface area contributed by atoms with Gasteiger partial charge in [0.2, 0.25) is 0 Å². The van der Waals surface area contributed by atoms with Crippen molar-refractivity contribution < 1.29 is 4.74 Å². The first kappa shape index (κ1) is 17.3. The first-order valence-corrected chi connectivity index (χ1v) is 8.56. The Balaban J connectivity index is 1.94. The summed E-state index contributed by atoms with van der Waals surface area (Å²) in [7, 11) is 0. The van der Waals surface area contributed by atoms with E-state index in [-0.39, 0.29) is 0 Å². The second kappa shape index (κ2) is 8.51. The van der Waals surface area contributed by atoms with Gasteiger partial charge in [0.15, 0.2) is 0 Å². The molecule has 22 heavy (non-hydrogen) atoms. The van der Waals surface area contributed by atoms with Crippen molar-refractivity contribution in [2.75, 3.05) is 19.7 Å². The SMILES string of the molecule is CCNCC1C(C)NNC1c1ccc(OCCC(C)C)cc1. The lowest BCUT2D eigenvalue weighted by molar-refractivity contribution is 0.289. The quantitative estimate of drug-likeness (QED) is 0.691. The Morgan fingerprint density at radius 2 is 1.91 bits per heavy atom. The monoisotopic (exact) mass is 305 g/mol. The third kappa shape index (κ3) is 4.70. The molecule has 0 bridgehead atoms. The fraction of sp³-hybridized carbons (Fsp3) is 0.667. The lowest BCUT2D eigenvalue weighted by atomic mass is 9.90. The van der Waals surface area contributed by atoms with Gasteiger partial charge in [0.05, 0.1) is 12.6 Å². The molecule has 1 aromatic rings. The van der Waals surface area contributed by atoms with Gasteiger partial charge in [0, 0.05) is 18.5 Å². The molecule has 0 spiro atoms. The standard InChI is InChI=1S/C18H31N3O/c1-5-19-12-17-14(4)20-21-18(17)15-6-8-16(9-7-15)22-11-10-13(2)3/h6-9,13-14,17-21H,5,10-12H2,1-4H3. The minimum Gasteiger partial charge on any atom is -0.494 e. The van der Waals surface area contributed by atoms with Gasteiger partial charge in [-0.1, -0.05) is 32.9 Å². The molecular weight excluding hydrogens is 274 g/mol. The van der Waals surface area contributed by atoms with Crippen LogP contribution in [0.4, 0.5) is 0 Å². The van der Waals surface area contributed by atoms with Crippen LogP contribution in [0.15, 0.2) is 24.3 Å². The molecule has 1 aliphatic heterocycles. The second-order valence-corrected chi connectivity index (χ2v) is 6.63. The molecule has 3 unspecified atom stereocenters. The van der Waals surface area contributed by atoms with Crippen molar-refractivity contribution in [3.05, 3.63) is 29.8 Å². The van der Waals surface area contributed by atoms with E-state index < -0.39 is 0 Å². The predicted molar refractivity (Wildman–Crippen MR) is 91.9 cm³/mol. The third-order valence-corrected chi connectivity index (χ3v) is 4.37. The number of ether oxygens (including phenoxy) is 1. The van der Waals surface area contributed by atoms with Crippen LogP contribution < -0.4 is 20.9 Å². The predicted octanol–water partition coefficient (Wildman–Crippen LogP) is 2.87. The topological polar surface area (TPSA) is 45.3 Å². The van der Waals surface area contributed by atoms with Gasteiger partial charge in [-0.15, -0.1) is 0 Å². The largest absolute Gasteiger partial charge is 0.494 e. The highest BCUT2D eigenvalue weighted by Crippen LogP contribution is 2.29. The zero-order valence-electron chi connectivity index (χ0n) is 14.4. The Labute approximate surface area is 135 Å². The highest BCUT2D eigenvalue weighted by Gasteiger charge is 2.33. The summed E-state index contributed by atoms with van der Waals surface area (Å²) < 4.78 is 5.80. The maximum atomic E-state index is 5.80. The maximum absolute atomic E-state index is 5.80. The first-order valence-electron chi connectivity index (χ1n) is 8.56. The number of hydrazine groups is 1. The maximum Gasteiger partial charge on any atom is 0.119 e. The Kier molecular flexibility index (Phi) is 6.68. The van der Waals surface area contributed by atoms with Crippen molar-refractivity contribution in [2.45, 2.75) is 46.2 Å². The van der Waals surface area contributed by atoms with E-state index in [1.54, 1.807) is 0 Å². The number of rotatable bonds is 8. The van der Waals surface area contributed by atoms with Crippen LogP contribution in [0.1, 0.15) is 45.7 Å². The van der Waals surface area contributed by atoms with Crippen molar-refractivity contribution in [3.8, 4) is 5.75 Å². The highest BCUT2D eigenvalue weighted by molar-refractivity contribution is 5.30. The van der Waals surface area contributed by atoms with Gasteiger partial charge in [0.1, 0.15) is 5.75 Å². The average Bonchev–Trinajstić information content (AvgIpc) is 2.86. The zero-order chi connectivity index (χ0) is 15.9. The van der Waals surface area contributed by atoms with Crippen molar-refractivity contribution in [3.63, 3.8) is 0 Å². The van der Waals surface area contributed by atoms with Gasteiger partial charge in [-0.3, -0.25) is 5.43 Å². The van der Waals surface area contributed by atoms with E-state index in [0.29, 0.717) is 23.9 Å². The fourth-order valence-corrected chi connectivity index (χ4v) is 2.84. The van der Waals surface area contributed by atoms with E-state index in [1.807, 2.05) is 0 Å². The molecular formula is C18H31N3O. The van der Waals surface area contributed by atoms with Crippen LogP contribution in [0.3, 0.4) is 0 Å². The summed E-state index contributed by atoms with van der Waals surface area (Å²) in [5, 5.41) is 3.47. The van der Waals surface area contributed by atoms with Crippen molar-refractivity contribution in [1.29, 1.82) is 0 Å². The molecule has 1 fully saturated rings. The van der Waals surface area contributed by atoms with E-state index >= 15 is 0 Å². The summed E-state index contributed by atoms with van der Waals surface area (Å²) in [4.78, 5) is 0. The molecule has 0 amide bonds. The van der Waals surface area contributed by atoms with Crippen molar-refractivity contribution in [1.82, 2.24) is 16.2 Å². The van der Waals surface area contributed by atoms with E-state index in [0.717, 1.165) is 31.9 Å². The molecule has 2 rings (SSSR count). The molecule has 4 heteroatoms. The average molecular weight is 305 g/mol. The van der Waals surface area contributed by atoms with Crippen LogP contribution in [0, 0.1) is 11.8 Å². The highest BCUT2D eigenvalue weighted by atomic mass is 16.5. The van der Waals surface area contributed by atoms with E-state index in [9.17, 15) is 0 Å². The van der Waals surface area contributed by atoms with Gasteiger partial charge < -0.3 is 10.1 Å². The smallest absolute Gasteiger partial charge is 0.119 e. The fourth-order valence-electron chi connectivity index (χ4n) is 2.84. The molecule has 0 saturated carbocycles. The minimum atomic E-state index is 0.346. The Morgan fingerprint density at radius 1 is 1.18 bits per heavy atom. The van der Waals surface area contributed by atoms with Gasteiger partial charge in [-0.05, 0) is 43.5 Å². The molecule has 0 aliphatic carbocycles. The normalized spacial score (nSPS) is 24.9. The molecule has 1 aromatic carbocycles.